The summed E-state index contributed by atoms with van der Waals surface area (Å²) in [6, 6.07) is 0. The van der Waals surface area contributed by atoms with E-state index in [4.69, 9.17) is 0 Å². The Morgan fingerprint density at radius 2 is 1.23 bits per heavy atom. The van der Waals surface area contributed by atoms with E-state index in [1.54, 1.807) is 21.1 Å². The van der Waals surface area contributed by atoms with Gasteiger partial charge in [-0.25, -0.2) is 0 Å². The molecule has 0 atom stereocenters. The lowest BCUT2D eigenvalue weighted by Crippen LogP contribution is -2.40. The average Bonchev–Trinajstić information content (AvgIpc) is 1.79. The smallest absolute Gasteiger partial charge is 0.0411 e. The minimum absolute atomic E-state index is 0.139. The second-order valence-electron chi connectivity index (χ2n) is 6.80. The summed E-state index contributed by atoms with van der Waals surface area (Å²) in [4.78, 5) is 0. The predicted molar refractivity (Wildman–Crippen MR) is 81.9 cm³/mol. The van der Waals surface area contributed by atoms with E-state index in [1.165, 1.54) is 0 Å². The van der Waals surface area contributed by atoms with E-state index < -0.39 is 16.1 Å². The topological polar surface area (TPSA) is 0 Å². The van der Waals surface area contributed by atoms with Crippen LogP contribution in [0.25, 0.3) is 0 Å². The number of hydrogen-bond acceptors (Lipinski definition) is 0. The summed E-state index contributed by atoms with van der Waals surface area (Å²) in [7, 11) is 0.580. The van der Waals surface area contributed by atoms with Crippen molar-refractivity contribution in [2.75, 3.05) is 0 Å². The lowest BCUT2D eigenvalue weighted by molar-refractivity contribution is 1.56. The maximum absolute atomic E-state index is 2.57. The summed E-state index contributed by atoms with van der Waals surface area (Å²) in [6.07, 6.45) is 0. The Hall–Kier alpha value is 1.08. The monoisotopic (exact) mass is 264 g/mol. The molecular formula is C8H28Si5. The molecule has 0 aromatic carbocycles. The molecule has 0 nitrogen and oxygen atoms in total. The fraction of sp³-hybridized carbons (Fsp3) is 1.00. The molecule has 0 aliphatic heterocycles. The van der Waals surface area contributed by atoms with Gasteiger partial charge in [0.25, 0.3) is 0 Å². The number of rotatable bonds is 5. The molecular weight excluding hydrogens is 237 g/mol. The van der Waals surface area contributed by atoms with Crippen molar-refractivity contribution in [3.8, 4) is 0 Å². The van der Waals surface area contributed by atoms with Gasteiger partial charge in [-0.05, 0) is 18.3 Å². The van der Waals surface area contributed by atoms with Gasteiger partial charge < -0.3 is 0 Å². The van der Waals surface area contributed by atoms with Gasteiger partial charge in [0.1, 0.15) is 0 Å². The Labute approximate surface area is 93.4 Å². The molecule has 80 valence electrons. The Morgan fingerprint density at radius 1 is 0.923 bits per heavy atom. The third-order valence-electron chi connectivity index (χ3n) is 2.38. The molecule has 0 aliphatic rings. The van der Waals surface area contributed by atoms with Crippen LogP contribution in [0.3, 0.4) is 0 Å². The van der Waals surface area contributed by atoms with Crippen LogP contribution < -0.4 is 0 Å². The van der Waals surface area contributed by atoms with E-state index >= 15 is 0 Å². The molecule has 0 rings (SSSR count). The second-order valence-corrected chi connectivity index (χ2v) is 36.1. The summed E-state index contributed by atoms with van der Waals surface area (Å²) in [5.74, 6) is 0. The summed E-state index contributed by atoms with van der Waals surface area (Å²) in [6.45, 7) is 15.4. The van der Waals surface area contributed by atoms with Crippen LogP contribution in [0.1, 0.15) is 0 Å². The van der Waals surface area contributed by atoms with Crippen LogP contribution in [0.2, 0.25) is 50.6 Å². The van der Waals surface area contributed by atoms with E-state index in [0.29, 0.717) is 8.55 Å². The molecule has 0 bridgehead atoms. The van der Waals surface area contributed by atoms with E-state index in [9.17, 15) is 0 Å². The zero-order valence-corrected chi connectivity index (χ0v) is 17.3. The lowest BCUT2D eigenvalue weighted by Gasteiger charge is -2.27. The second kappa shape index (κ2) is 5.25. The van der Waals surface area contributed by atoms with Crippen LogP contribution in [-0.4, -0.2) is 42.8 Å². The van der Waals surface area contributed by atoms with Gasteiger partial charge in [-0.3, -0.25) is 0 Å². The van der Waals surface area contributed by atoms with Crippen LogP contribution in [0.15, 0.2) is 0 Å². The lowest BCUT2D eigenvalue weighted by atomic mass is 11.7. The molecule has 0 N–H and O–H groups in total. The molecule has 0 amide bonds. The molecule has 0 aromatic heterocycles. The highest BCUT2D eigenvalue weighted by molar-refractivity contribution is 7.35. The standard InChI is InChI=1S/C8H28Si5/c1-12(2,3)7-11(10-9)8-13(4,5)6/h11H,7-8,10H2,1-6,9H3. The first-order chi connectivity index (χ1) is 5.64. The molecule has 0 spiro atoms. The van der Waals surface area contributed by atoms with Gasteiger partial charge in [0, 0.05) is 24.5 Å². The van der Waals surface area contributed by atoms with Gasteiger partial charge in [0.05, 0.1) is 0 Å². The Bertz CT molecular complexity index is 128. The predicted octanol–water partition coefficient (Wildman–Crippen LogP) is 0.914. The first-order valence-corrected chi connectivity index (χ1v) is 23.6. The van der Waals surface area contributed by atoms with Crippen molar-refractivity contribution in [2.45, 2.75) is 50.6 Å². The SMILES string of the molecule is C[Si](C)(C)C[SiH](C[Si](C)(C)C)[SiH2][SiH3]. The average molecular weight is 265 g/mol. The molecule has 0 saturated carbocycles. The molecule has 0 saturated heterocycles. The minimum atomic E-state index is -0.700. The quantitative estimate of drug-likeness (QED) is 0.648. The van der Waals surface area contributed by atoms with Crippen molar-refractivity contribution < 1.29 is 0 Å². The van der Waals surface area contributed by atoms with Crippen molar-refractivity contribution >= 4 is 42.8 Å². The summed E-state index contributed by atoms with van der Waals surface area (Å²) < 4.78 is 0. The van der Waals surface area contributed by atoms with Crippen molar-refractivity contribution in [3.63, 3.8) is 0 Å². The van der Waals surface area contributed by atoms with E-state index in [2.05, 4.69) is 39.3 Å². The number of hydrogen-bond donors (Lipinski definition) is 0. The fourth-order valence-electron chi connectivity index (χ4n) is 2.09. The fourth-order valence-corrected chi connectivity index (χ4v) is 56.5. The van der Waals surface area contributed by atoms with Crippen LogP contribution in [0, 0.1) is 0 Å². The van der Waals surface area contributed by atoms with Gasteiger partial charge in [0.15, 0.2) is 0 Å². The first kappa shape index (κ1) is 14.1. The molecule has 0 heterocycles. The third kappa shape index (κ3) is 9.39. The van der Waals surface area contributed by atoms with Crippen molar-refractivity contribution in [1.29, 1.82) is 0 Å². The molecule has 0 aromatic rings. The van der Waals surface area contributed by atoms with Crippen molar-refractivity contribution in [1.82, 2.24) is 0 Å². The summed E-state index contributed by atoms with van der Waals surface area (Å²) in [5.41, 5.74) is 3.54. The third-order valence-corrected chi connectivity index (χ3v) is 37.0. The van der Waals surface area contributed by atoms with Crippen molar-refractivity contribution in [2.24, 2.45) is 0 Å². The maximum atomic E-state index is 2.57. The zero-order chi connectivity index (χ0) is 10.7. The molecule has 0 aliphatic carbocycles. The highest BCUT2D eigenvalue weighted by atomic mass is 29.5. The Morgan fingerprint density at radius 3 is 1.38 bits per heavy atom. The highest BCUT2D eigenvalue weighted by Crippen LogP contribution is 2.17. The van der Waals surface area contributed by atoms with Gasteiger partial charge in [-0.2, -0.15) is 0 Å². The highest BCUT2D eigenvalue weighted by Gasteiger charge is 2.25. The van der Waals surface area contributed by atoms with Gasteiger partial charge in [-0.1, -0.05) is 50.6 Å². The van der Waals surface area contributed by atoms with Crippen LogP contribution in [0.4, 0.5) is 0 Å². The van der Waals surface area contributed by atoms with Crippen LogP contribution >= 0.6 is 0 Å². The van der Waals surface area contributed by atoms with Crippen molar-refractivity contribution in [3.05, 3.63) is 0 Å². The maximum Gasteiger partial charge on any atom is 0.0411 e. The van der Waals surface area contributed by atoms with Gasteiger partial charge >= 0.3 is 0 Å². The van der Waals surface area contributed by atoms with E-state index in [1.807, 2.05) is 0 Å². The summed E-state index contributed by atoms with van der Waals surface area (Å²) in [5, 5.41) is 0. The largest absolute Gasteiger partial charge is 0.0698 e. The normalized spacial score (nSPS) is 15.0. The molecule has 0 radical (unpaired) electrons. The van der Waals surface area contributed by atoms with E-state index in [-0.39, 0.29) is 8.31 Å². The molecule has 13 heavy (non-hydrogen) atoms. The molecule has 5 heteroatoms. The zero-order valence-electron chi connectivity index (χ0n) is 10.7. The molecule has 0 fully saturated rings. The van der Waals surface area contributed by atoms with Gasteiger partial charge in [0.2, 0.25) is 0 Å². The van der Waals surface area contributed by atoms with Crippen LogP contribution in [0.5, 0.6) is 0 Å². The Balaban J connectivity index is 4.05. The van der Waals surface area contributed by atoms with E-state index in [0.717, 1.165) is 0 Å². The van der Waals surface area contributed by atoms with Crippen LogP contribution in [-0.2, 0) is 0 Å². The molecule has 0 unspecified atom stereocenters. The summed E-state index contributed by atoms with van der Waals surface area (Å²) >= 11 is 0. The first-order valence-electron chi connectivity index (χ1n) is 5.64. The Kier molecular flexibility index (Phi) is 5.68. The minimum Gasteiger partial charge on any atom is -0.0698 e. The van der Waals surface area contributed by atoms with Gasteiger partial charge in [-0.15, -0.1) is 0 Å².